The van der Waals surface area contributed by atoms with Crippen LogP contribution in [0.5, 0.6) is 34.5 Å². The van der Waals surface area contributed by atoms with Crippen molar-refractivity contribution >= 4 is 18.8 Å². The molecule has 9 N–H and O–H groups in total. The molecule has 2 aromatic carbocycles. The van der Waals surface area contributed by atoms with Crippen molar-refractivity contribution in [2.24, 2.45) is 21.0 Å². The number of benzene rings is 2. The van der Waals surface area contributed by atoms with Gasteiger partial charge in [0.05, 0.1) is 12.4 Å². The van der Waals surface area contributed by atoms with Crippen molar-refractivity contribution in [1.82, 2.24) is 5.43 Å². The van der Waals surface area contributed by atoms with Gasteiger partial charge >= 0.3 is 0 Å². The van der Waals surface area contributed by atoms with Gasteiger partial charge in [-0.15, -0.1) is 5.10 Å². The Bertz CT molecular complexity index is 867. The summed E-state index contributed by atoms with van der Waals surface area (Å²) in [6.45, 7) is 0. The third-order valence-corrected chi connectivity index (χ3v) is 2.91. The van der Waals surface area contributed by atoms with Gasteiger partial charge in [0.25, 0.3) is 0 Å². The molecule has 11 heteroatoms. The van der Waals surface area contributed by atoms with Gasteiger partial charge in [0, 0.05) is 30.3 Å². The number of hydrogen-bond acceptors (Lipinski definition) is 10. The topological polar surface area (TPSA) is 197 Å². The predicted molar refractivity (Wildman–Crippen MR) is 99.8 cm³/mol. The number of nitrogens with zero attached hydrogens (tertiary/aromatic N) is 3. The highest BCUT2D eigenvalue weighted by Crippen LogP contribution is 2.31. The van der Waals surface area contributed by atoms with Gasteiger partial charge in [-0.1, -0.05) is 0 Å². The summed E-state index contributed by atoms with van der Waals surface area (Å²) in [5.41, 5.74) is 7.97. The summed E-state index contributed by atoms with van der Waals surface area (Å²) in [4.78, 5) is 0. The maximum atomic E-state index is 9.27. The lowest BCUT2D eigenvalue weighted by Gasteiger charge is -2.01. The number of aromatic hydroxyl groups is 6. The molecule has 27 heavy (non-hydrogen) atoms. The molecule has 0 radical (unpaired) electrons. The van der Waals surface area contributed by atoms with Gasteiger partial charge in [-0.2, -0.15) is 10.2 Å². The Hall–Kier alpha value is -4.15. The van der Waals surface area contributed by atoms with E-state index in [-0.39, 0.29) is 34.3 Å². The van der Waals surface area contributed by atoms with Crippen molar-refractivity contribution in [2.75, 3.05) is 7.05 Å². The van der Waals surface area contributed by atoms with E-state index in [1.807, 2.05) is 0 Å². The van der Waals surface area contributed by atoms with Gasteiger partial charge in [-0.25, -0.2) is 0 Å². The zero-order chi connectivity index (χ0) is 20.4. The molecular weight excluding hydrogens is 358 g/mol. The molecule has 0 amide bonds. The van der Waals surface area contributed by atoms with Gasteiger partial charge in [0.1, 0.15) is 17.8 Å². The van der Waals surface area contributed by atoms with Crippen LogP contribution in [0.15, 0.2) is 39.6 Å². The summed E-state index contributed by atoms with van der Waals surface area (Å²) in [6.07, 6.45) is 3.50. The third-order valence-electron chi connectivity index (χ3n) is 2.91. The molecule has 0 unspecified atom stereocenters. The van der Waals surface area contributed by atoms with Gasteiger partial charge in [-0.05, 0) is 12.1 Å². The van der Waals surface area contributed by atoms with Crippen molar-refractivity contribution in [2.45, 2.75) is 0 Å². The fourth-order valence-corrected chi connectivity index (χ4v) is 1.64. The van der Waals surface area contributed by atoms with Crippen molar-refractivity contribution in [3.8, 4) is 34.5 Å². The highest BCUT2D eigenvalue weighted by atomic mass is 16.3. The molecule has 0 aliphatic carbocycles. The Morgan fingerprint density at radius 2 is 1.15 bits per heavy atom. The number of hydrazone groups is 1. The first-order valence-corrected chi connectivity index (χ1v) is 7.26. The molecule has 0 atom stereocenters. The van der Waals surface area contributed by atoms with Crippen LogP contribution in [0.25, 0.3) is 0 Å². The van der Waals surface area contributed by atoms with Crippen LogP contribution in [0.4, 0.5) is 0 Å². The molecule has 11 nitrogen and oxygen atoms in total. The first kappa shape index (κ1) is 20.9. The van der Waals surface area contributed by atoms with E-state index in [0.717, 1.165) is 24.5 Å². The fourth-order valence-electron chi connectivity index (χ4n) is 1.64. The minimum Gasteiger partial charge on any atom is -0.507 e. The van der Waals surface area contributed by atoms with Crippen LogP contribution in [0.3, 0.4) is 0 Å². The van der Waals surface area contributed by atoms with Gasteiger partial charge < -0.3 is 41.8 Å². The summed E-state index contributed by atoms with van der Waals surface area (Å²) in [6, 6.07) is 4.42. The molecule has 0 aliphatic heterocycles. The lowest BCUT2D eigenvalue weighted by Crippen LogP contribution is -1.94. The molecule has 2 aromatic rings. The summed E-state index contributed by atoms with van der Waals surface area (Å²) >= 11 is 0. The highest BCUT2D eigenvalue weighted by molar-refractivity contribution is 5.85. The van der Waals surface area contributed by atoms with Crippen LogP contribution in [-0.2, 0) is 0 Å². The van der Waals surface area contributed by atoms with Crippen LogP contribution in [0.2, 0.25) is 0 Å². The first-order chi connectivity index (χ1) is 12.8. The molecule has 0 bridgehead atoms. The van der Waals surface area contributed by atoms with Crippen LogP contribution < -0.4 is 11.2 Å². The minimum absolute atomic E-state index is 0.144. The van der Waals surface area contributed by atoms with Crippen molar-refractivity contribution < 1.29 is 30.6 Å². The second-order valence-electron chi connectivity index (χ2n) is 4.79. The van der Waals surface area contributed by atoms with Crippen LogP contribution in [0, 0.1) is 0 Å². The SMILES string of the molecule is CN/N=C/c1cc(O)c(O)cc1O.N/C=N\N=C\c1cc(O)c(O)cc1O. The molecular formula is C16H19N5O6. The number of phenols is 6. The molecule has 0 heterocycles. The molecule has 0 saturated heterocycles. The van der Waals surface area contributed by atoms with Crippen LogP contribution in [-0.4, -0.2) is 56.5 Å². The monoisotopic (exact) mass is 377 g/mol. The number of hydrogen-bond donors (Lipinski definition) is 8. The normalized spacial score (nSPS) is 11.0. The van der Waals surface area contributed by atoms with E-state index in [9.17, 15) is 10.2 Å². The maximum absolute atomic E-state index is 9.27. The van der Waals surface area contributed by atoms with Gasteiger partial charge in [0.15, 0.2) is 23.0 Å². The third kappa shape index (κ3) is 6.34. The number of phenolic OH excluding ortho intramolecular Hbond substituents is 6. The molecule has 0 spiro atoms. The zero-order valence-corrected chi connectivity index (χ0v) is 14.1. The summed E-state index contributed by atoms with van der Waals surface area (Å²) in [5.74, 6) is -1.76. The zero-order valence-electron chi connectivity index (χ0n) is 14.1. The average Bonchev–Trinajstić information content (AvgIpc) is 2.62. The second-order valence-corrected chi connectivity index (χ2v) is 4.79. The Morgan fingerprint density at radius 3 is 1.59 bits per heavy atom. The summed E-state index contributed by atoms with van der Waals surface area (Å²) in [5, 5.41) is 65.1. The Balaban J connectivity index is 0.000000271. The second kappa shape index (κ2) is 9.98. The van der Waals surface area contributed by atoms with Gasteiger partial charge in [0.2, 0.25) is 0 Å². The summed E-state index contributed by atoms with van der Waals surface area (Å²) < 4.78 is 0. The Labute approximate surface area is 153 Å². The summed E-state index contributed by atoms with van der Waals surface area (Å²) in [7, 11) is 1.60. The molecule has 0 fully saturated rings. The van der Waals surface area contributed by atoms with Crippen molar-refractivity contribution in [3.63, 3.8) is 0 Å². The quantitative estimate of drug-likeness (QED) is 0.124. The number of rotatable bonds is 4. The molecule has 0 aromatic heterocycles. The van der Waals surface area contributed by atoms with Crippen LogP contribution >= 0.6 is 0 Å². The lowest BCUT2D eigenvalue weighted by atomic mass is 10.2. The van der Waals surface area contributed by atoms with Gasteiger partial charge in [-0.3, -0.25) is 0 Å². The first-order valence-electron chi connectivity index (χ1n) is 7.26. The van der Waals surface area contributed by atoms with Crippen molar-refractivity contribution in [1.29, 1.82) is 0 Å². The van der Waals surface area contributed by atoms with E-state index in [4.69, 9.17) is 26.2 Å². The van der Waals surface area contributed by atoms with E-state index < -0.39 is 5.75 Å². The number of nitrogens with two attached hydrogens (primary N) is 1. The van der Waals surface area contributed by atoms with E-state index in [1.54, 1.807) is 7.05 Å². The average molecular weight is 377 g/mol. The Kier molecular flexibility index (Phi) is 7.72. The maximum Gasteiger partial charge on any atom is 0.161 e. The van der Waals surface area contributed by atoms with E-state index in [2.05, 4.69) is 20.7 Å². The largest absolute Gasteiger partial charge is 0.507 e. The van der Waals surface area contributed by atoms with E-state index >= 15 is 0 Å². The number of nitrogens with one attached hydrogen (secondary N) is 1. The van der Waals surface area contributed by atoms with E-state index in [0.29, 0.717) is 5.56 Å². The molecule has 0 aliphatic rings. The minimum atomic E-state index is -0.401. The van der Waals surface area contributed by atoms with Crippen molar-refractivity contribution in [3.05, 3.63) is 35.4 Å². The molecule has 144 valence electrons. The Morgan fingerprint density at radius 1 is 0.704 bits per heavy atom. The fraction of sp³-hybridized carbons (Fsp3) is 0.0625. The molecule has 2 rings (SSSR count). The molecule has 0 saturated carbocycles. The standard InChI is InChI=1S/C8H9N3O3.C8H10N2O3/c9-4-11-10-3-5-1-7(13)8(14)2-6(5)12;1-9-10-4-5-2-7(12)8(13)3-6(5)11/h1-4,12-14H,(H2,9,11);2-4,9,11-13H,1H3/b10-3+;10-4+. The predicted octanol–water partition coefficient (Wildman–Crippen LogP) is 0.481. The van der Waals surface area contributed by atoms with E-state index in [1.165, 1.54) is 18.5 Å². The lowest BCUT2D eigenvalue weighted by molar-refractivity contribution is 0.396. The highest BCUT2D eigenvalue weighted by Gasteiger charge is 2.06. The van der Waals surface area contributed by atoms with Crippen LogP contribution in [0.1, 0.15) is 11.1 Å². The smallest absolute Gasteiger partial charge is 0.161 e.